The number of hydrogen-bond acceptors (Lipinski definition) is 1. The number of halogens is 1. The van der Waals surface area contributed by atoms with Gasteiger partial charge in [-0.1, -0.05) is 26.8 Å². The average Bonchev–Trinajstić information content (AvgIpc) is 2.79. The van der Waals surface area contributed by atoms with Gasteiger partial charge in [-0.2, -0.15) is 0 Å². The summed E-state index contributed by atoms with van der Waals surface area (Å²) in [6.07, 6.45) is 6.32. The average molecular weight is 285 g/mol. The van der Waals surface area contributed by atoms with E-state index in [4.69, 9.17) is 11.6 Å². The number of rotatable bonds is 3. The van der Waals surface area contributed by atoms with Gasteiger partial charge in [-0.05, 0) is 60.8 Å². The van der Waals surface area contributed by atoms with Crippen LogP contribution in [-0.4, -0.2) is 5.38 Å². The second-order valence-corrected chi connectivity index (χ2v) is 8.36. The molecule has 0 bridgehead atoms. The van der Waals surface area contributed by atoms with Crippen LogP contribution in [0.3, 0.4) is 0 Å². The molecule has 1 aromatic rings. The zero-order valence-electron chi connectivity index (χ0n) is 11.8. The molecule has 1 fully saturated rings. The summed E-state index contributed by atoms with van der Waals surface area (Å²) in [5.41, 5.74) is 0.443. The third-order valence-electron chi connectivity index (χ3n) is 4.46. The zero-order valence-corrected chi connectivity index (χ0v) is 13.4. The van der Waals surface area contributed by atoms with Crippen molar-refractivity contribution in [1.29, 1.82) is 0 Å². The SMILES string of the molecule is CC(C)(C)C1CCC(Cl)C(CCc2cccs2)C1. The van der Waals surface area contributed by atoms with Gasteiger partial charge >= 0.3 is 0 Å². The van der Waals surface area contributed by atoms with Gasteiger partial charge in [-0.3, -0.25) is 0 Å². The van der Waals surface area contributed by atoms with E-state index < -0.39 is 0 Å². The van der Waals surface area contributed by atoms with E-state index in [2.05, 4.69) is 38.3 Å². The molecular weight excluding hydrogens is 260 g/mol. The first-order valence-corrected chi connectivity index (χ1v) is 8.45. The van der Waals surface area contributed by atoms with Gasteiger partial charge in [0, 0.05) is 10.3 Å². The molecule has 18 heavy (non-hydrogen) atoms. The molecule has 1 aliphatic rings. The van der Waals surface area contributed by atoms with Crippen LogP contribution in [0.5, 0.6) is 0 Å². The van der Waals surface area contributed by atoms with Crippen LogP contribution in [0.2, 0.25) is 0 Å². The van der Waals surface area contributed by atoms with E-state index in [1.165, 1.54) is 37.0 Å². The molecule has 102 valence electrons. The fraction of sp³-hybridized carbons (Fsp3) is 0.750. The summed E-state index contributed by atoms with van der Waals surface area (Å²) >= 11 is 8.42. The molecule has 0 nitrogen and oxygen atoms in total. The minimum atomic E-state index is 0.406. The van der Waals surface area contributed by atoms with Crippen molar-refractivity contribution in [3.8, 4) is 0 Å². The quantitative estimate of drug-likeness (QED) is 0.620. The third kappa shape index (κ3) is 3.74. The van der Waals surface area contributed by atoms with Crippen molar-refractivity contribution in [1.82, 2.24) is 0 Å². The van der Waals surface area contributed by atoms with Crippen LogP contribution in [0.15, 0.2) is 17.5 Å². The Kier molecular flexibility index (Phi) is 4.77. The Morgan fingerprint density at radius 1 is 1.33 bits per heavy atom. The van der Waals surface area contributed by atoms with Crippen LogP contribution in [0.4, 0.5) is 0 Å². The van der Waals surface area contributed by atoms with Gasteiger partial charge in [0.25, 0.3) is 0 Å². The van der Waals surface area contributed by atoms with Crippen molar-refractivity contribution in [3.63, 3.8) is 0 Å². The van der Waals surface area contributed by atoms with Crippen molar-refractivity contribution in [2.75, 3.05) is 0 Å². The highest BCUT2D eigenvalue weighted by Gasteiger charge is 2.34. The van der Waals surface area contributed by atoms with Gasteiger partial charge in [-0.25, -0.2) is 0 Å². The minimum Gasteiger partial charge on any atom is -0.149 e. The topological polar surface area (TPSA) is 0 Å². The lowest BCUT2D eigenvalue weighted by Crippen LogP contribution is -2.32. The first-order chi connectivity index (χ1) is 8.47. The summed E-state index contributed by atoms with van der Waals surface area (Å²) in [4.78, 5) is 1.51. The van der Waals surface area contributed by atoms with Gasteiger partial charge in [0.05, 0.1) is 0 Å². The normalized spacial score (nSPS) is 29.4. The molecule has 0 aromatic carbocycles. The summed E-state index contributed by atoms with van der Waals surface area (Å²) in [5, 5.41) is 2.58. The molecule has 0 amide bonds. The Hall–Kier alpha value is -0.0100. The highest BCUT2D eigenvalue weighted by molar-refractivity contribution is 7.09. The Morgan fingerprint density at radius 2 is 2.11 bits per heavy atom. The maximum atomic E-state index is 6.54. The van der Waals surface area contributed by atoms with E-state index in [9.17, 15) is 0 Å². The molecule has 1 aromatic heterocycles. The van der Waals surface area contributed by atoms with E-state index in [0.717, 1.165) is 5.92 Å². The van der Waals surface area contributed by atoms with E-state index in [0.29, 0.717) is 16.7 Å². The predicted molar refractivity (Wildman–Crippen MR) is 82.6 cm³/mol. The number of aryl methyl sites for hydroxylation is 1. The van der Waals surface area contributed by atoms with Crippen molar-refractivity contribution >= 4 is 22.9 Å². The summed E-state index contributed by atoms with van der Waals surface area (Å²) in [6, 6.07) is 4.40. The van der Waals surface area contributed by atoms with Gasteiger partial charge in [0.2, 0.25) is 0 Å². The first-order valence-electron chi connectivity index (χ1n) is 7.13. The van der Waals surface area contributed by atoms with Crippen molar-refractivity contribution < 1.29 is 0 Å². The fourth-order valence-electron chi connectivity index (χ4n) is 3.09. The predicted octanol–water partition coefficient (Wildman–Crippen LogP) is 5.75. The monoisotopic (exact) mass is 284 g/mol. The molecule has 2 heteroatoms. The molecule has 1 saturated carbocycles. The second kappa shape index (κ2) is 5.96. The highest BCUT2D eigenvalue weighted by Crippen LogP contribution is 2.43. The van der Waals surface area contributed by atoms with Gasteiger partial charge in [0.1, 0.15) is 0 Å². The van der Waals surface area contributed by atoms with E-state index >= 15 is 0 Å². The van der Waals surface area contributed by atoms with Crippen molar-refractivity contribution in [3.05, 3.63) is 22.4 Å². The molecular formula is C16H25ClS. The lowest BCUT2D eigenvalue weighted by atomic mass is 9.68. The Bertz CT molecular complexity index is 350. The smallest absolute Gasteiger partial charge is 0.0364 e. The van der Waals surface area contributed by atoms with Gasteiger partial charge in [-0.15, -0.1) is 22.9 Å². The van der Waals surface area contributed by atoms with Crippen LogP contribution in [-0.2, 0) is 6.42 Å². The molecule has 0 saturated heterocycles. The molecule has 1 heterocycles. The van der Waals surface area contributed by atoms with Crippen LogP contribution >= 0.6 is 22.9 Å². The minimum absolute atomic E-state index is 0.406. The third-order valence-corrected chi connectivity index (χ3v) is 5.97. The molecule has 3 unspecified atom stereocenters. The molecule has 0 aliphatic heterocycles. The summed E-state index contributed by atoms with van der Waals surface area (Å²) in [6.45, 7) is 7.13. The second-order valence-electron chi connectivity index (χ2n) is 6.77. The summed E-state index contributed by atoms with van der Waals surface area (Å²) in [5.74, 6) is 1.56. The number of hydrogen-bond donors (Lipinski definition) is 0. The van der Waals surface area contributed by atoms with Gasteiger partial charge < -0.3 is 0 Å². The lowest BCUT2D eigenvalue weighted by Gasteiger charge is -2.40. The largest absolute Gasteiger partial charge is 0.149 e. The standard InChI is InChI=1S/C16H25ClS/c1-16(2,3)13-7-9-15(17)12(11-13)6-8-14-5-4-10-18-14/h4-5,10,12-13,15H,6-9,11H2,1-3H3. The van der Waals surface area contributed by atoms with Crippen LogP contribution in [0, 0.1) is 17.3 Å². The fourth-order valence-corrected chi connectivity index (χ4v) is 4.17. The molecule has 3 atom stereocenters. The molecule has 0 spiro atoms. The van der Waals surface area contributed by atoms with Crippen LogP contribution in [0.1, 0.15) is 51.3 Å². The van der Waals surface area contributed by atoms with Crippen LogP contribution in [0.25, 0.3) is 0 Å². The summed E-state index contributed by atoms with van der Waals surface area (Å²) < 4.78 is 0. The maximum Gasteiger partial charge on any atom is 0.0364 e. The number of alkyl halides is 1. The molecule has 2 rings (SSSR count). The Labute approximate surface area is 121 Å². The Balaban J connectivity index is 1.89. The van der Waals surface area contributed by atoms with Crippen molar-refractivity contribution in [2.24, 2.45) is 17.3 Å². The van der Waals surface area contributed by atoms with Gasteiger partial charge in [0.15, 0.2) is 0 Å². The molecule has 0 N–H and O–H groups in total. The zero-order chi connectivity index (χ0) is 13.2. The van der Waals surface area contributed by atoms with Crippen molar-refractivity contribution in [2.45, 2.75) is 58.3 Å². The van der Waals surface area contributed by atoms with E-state index in [-0.39, 0.29) is 0 Å². The molecule has 1 aliphatic carbocycles. The first kappa shape index (κ1) is 14.4. The molecule has 0 radical (unpaired) electrons. The van der Waals surface area contributed by atoms with Crippen LogP contribution < -0.4 is 0 Å². The van der Waals surface area contributed by atoms with E-state index in [1.807, 2.05) is 11.3 Å². The van der Waals surface area contributed by atoms with E-state index in [1.54, 1.807) is 0 Å². The maximum absolute atomic E-state index is 6.54. The number of thiophene rings is 1. The highest BCUT2D eigenvalue weighted by atomic mass is 35.5. The lowest BCUT2D eigenvalue weighted by molar-refractivity contribution is 0.140. The Morgan fingerprint density at radius 3 is 2.72 bits per heavy atom. The summed E-state index contributed by atoms with van der Waals surface area (Å²) in [7, 11) is 0.